The zero-order chi connectivity index (χ0) is 19.5. The number of anilines is 1. The maximum atomic E-state index is 12.7. The number of rotatable bonds is 4. The van der Waals surface area contributed by atoms with Crippen LogP contribution in [-0.4, -0.2) is 11.9 Å². The molecule has 4 heteroatoms. The van der Waals surface area contributed by atoms with Gasteiger partial charge in [0.2, 0.25) is 0 Å². The van der Waals surface area contributed by atoms with E-state index in [-0.39, 0.29) is 18.0 Å². The highest BCUT2D eigenvalue weighted by atomic mass is 16.5. The average molecular weight is 371 g/mol. The average Bonchev–Trinajstić information content (AvgIpc) is 2.74. The molecule has 4 rings (SSSR count). The third kappa shape index (κ3) is 3.67. The van der Waals surface area contributed by atoms with Gasteiger partial charge in [-0.05, 0) is 53.4 Å². The van der Waals surface area contributed by atoms with Gasteiger partial charge in [-0.25, -0.2) is 4.79 Å². The summed E-state index contributed by atoms with van der Waals surface area (Å²) >= 11 is 0. The number of ether oxygens (including phenoxy) is 1. The molecule has 1 heterocycles. The van der Waals surface area contributed by atoms with Crippen molar-refractivity contribution in [1.82, 2.24) is 0 Å². The van der Waals surface area contributed by atoms with E-state index in [0.717, 1.165) is 23.2 Å². The molecule has 1 amide bonds. The van der Waals surface area contributed by atoms with Crippen LogP contribution in [0.5, 0.6) is 0 Å². The highest BCUT2D eigenvalue weighted by Gasteiger charge is 2.28. The van der Waals surface area contributed by atoms with Gasteiger partial charge in [-0.2, -0.15) is 0 Å². The van der Waals surface area contributed by atoms with Crippen LogP contribution >= 0.6 is 0 Å². The molecule has 4 nitrogen and oxygen atoms in total. The Bertz CT molecular complexity index is 1010. The summed E-state index contributed by atoms with van der Waals surface area (Å²) in [6, 6.07) is 22.6. The second-order valence-corrected chi connectivity index (χ2v) is 6.89. The molecule has 1 aliphatic rings. The fourth-order valence-electron chi connectivity index (χ4n) is 3.42. The molecule has 3 aromatic carbocycles. The number of cyclic esters (lactones) is 1. The normalized spacial score (nSPS) is 15.5. The lowest BCUT2D eigenvalue weighted by Gasteiger charge is -2.25. The Morgan fingerprint density at radius 3 is 2.50 bits per heavy atom. The highest BCUT2D eigenvalue weighted by Crippen LogP contribution is 2.31. The predicted octanol–water partition coefficient (Wildman–Crippen LogP) is 4.96. The quantitative estimate of drug-likeness (QED) is 0.660. The van der Waals surface area contributed by atoms with Gasteiger partial charge in [0.1, 0.15) is 6.10 Å². The number of fused-ring (bicyclic) bond motifs is 1. The molecule has 0 radical (unpaired) electrons. The van der Waals surface area contributed by atoms with E-state index >= 15 is 0 Å². The molecular formula is C24H21NO3. The van der Waals surface area contributed by atoms with E-state index in [0.29, 0.717) is 17.5 Å². The van der Waals surface area contributed by atoms with Crippen LogP contribution in [0, 0.1) is 0 Å². The fraction of sp³-hybridized carbons (Fsp3) is 0.167. The number of benzene rings is 3. The van der Waals surface area contributed by atoms with Crippen molar-refractivity contribution < 1.29 is 14.3 Å². The number of hydrogen-bond donors (Lipinski definition) is 1. The Balaban J connectivity index is 1.55. The SMILES string of the molecule is CCc1ccc(NC(=O)c2ccc3c(c2)CC(c2ccccc2)OC3=O)cc1. The minimum Gasteiger partial charge on any atom is -0.454 e. The second kappa shape index (κ2) is 7.69. The Labute approximate surface area is 164 Å². The molecule has 0 saturated carbocycles. The largest absolute Gasteiger partial charge is 0.454 e. The van der Waals surface area contributed by atoms with E-state index in [1.54, 1.807) is 18.2 Å². The van der Waals surface area contributed by atoms with Gasteiger partial charge in [0, 0.05) is 17.7 Å². The fourth-order valence-corrected chi connectivity index (χ4v) is 3.42. The lowest BCUT2D eigenvalue weighted by atomic mass is 9.93. The van der Waals surface area contributed by atoms with Crippen molar-refractivity contribution in [3.05, 3.63) is 101 Å². The number of aryl methyl sites for hydroxylation is 1. The van der Waals surface area contributed by atoms with E-state index in [9.17, 15) is 9.59 Å². The number of carbonyl (C=O) groups is 2. The summed E-state index contributed by atoms with van der Waals surface area (Å²) in [6.07, 6.45) is 1.18. The molecule has 1 aliphatic heterocycles. The van der Waals surface area contributed by atoms with Gasteiger partial charge in [0.05, 0.1) is 5.56 Å². The lowest BCUT2D eigenvalue weighted by molar-refractivity contribution is 0.0252. The van der Waals surface area contributed by atoms with Crippen molar-refractivity contribution >= 4 is 17.6 Å². The van der Waals surface area contributed by atoms with Gasteiger partial charge in [0.15, 0.2) is 0 Å². The number of hydrogen-bond acceptors (Lipinski definition) is 3. The molecule has 3 aromatic rings. The molecule has 0 fully saturated rings. The first-order valence-electron chi connectivity index (χ1n) is 9.43. The number of esters is 1. The summed E-state index contributed by atoms with van der Waals surface area (Å²) in [5.74, 6) is -0.542. The first-order valence-corrected chi connectivity index (χ1v) is 9.43. The van der Waals surface area contributed by atoms with Crippen LogP contribution in [-0.2, 0) is 17.6 Å². The second-order valence-electron chi connectivity index (χ2n) is 6.89. The van der Waals surface area contributed by atoms with Crippen molar-refractivity contribution in [2.24, 2.45) is 0 Å². The van der Waals surface area contributed by atoms with Gasteiger partial charge in [-0.1, -0.05) is 49.4 Å². The molecular weight excluding hydrogens is 350 g/mol. The van der Waals surface area contributed by atoms with E-state index in [1.165, 1.54) is 5.56 Å². The third-order valence-electron chi connectivity index (χ3n) is 5.03. The molecule has 0 aromatic heterocycles. The summed E-state index contributed by atoms with van der Waals surface area (Å²) in [4.78, 5) is 25.0. The topological polar surface area (TPSA) is 55.4 Å². The Morgan fingerprint density at radius 1 is 1.04 bits per heavy atom. The monoisotopic (exact) mass is 371 g/mol. The third-order valence-corrected chi connectivity index (χ3v) is 5.03. The lowest BCUT2D eigenvalue weighted by Crippen LogP contribution is -2.23. The van der Waals surface area contributed by atoms with Crippen LogP contribution in [0.4, 0.5) is 5.69 Å². The van der Waals surface area contributed by atoms with Crippen LogP contribution < -0.4 is 5.32 Å². The number of nitrogens with one attached hydrogen (secondary N) is 1. The highest BCUT2D eigenvalue weighted by molar-refractivity contribution is 6.05. The summed E-state index contributed by atoms with van der Waals surface area (Å²) in [6.45, 7) is 2.09. The summed E-state index contributed by atoms with van der Waals surface area (Å²) < 4.78 is 5.58. The Morgan fingerprint density at radius 2 is 1.79 bits per heavy atom. The summed E-state index contributed by atoms with van der Waals surface area (Å²) in [5, 5.41) is 2.92. The van der Waals surface area contributed by atoms with Crippen molar-refractivity contribution in [2.45, 2.75) is 25.9 Å². The van der Waals surface area contributed by atoms with Gasteiger partial charge in [-0.15, -0.1) is 0 Å². The first-order chi connectivity index (χ1) is 13.6. The van der Waals surface area contributed by atoms with Crippen molar-refractivity contribution in [1.29, 1.82) is 0 Å². The Kier molecular flexibility index (Phi) is 4.94. The predicted molar refractivity (Wildman–Crippen MR) is 109 cm³/mol. The molecule has 0 aliphatic carbocycles. The first kappa shape index (κ1) is 18.0. The number of amides is 1. The van der Waals surface area contributed by atoms with Gasteiger partial charge in [-0.3, -0.25) is 4.79 Å². The molecule has 0 bridgehead atoms. The van der Waals surface area contributed by atoms with Crippen molar-refractivity contribution in [2.75, 3.05) is 5.32 Å². The van der Waals surface area contributed by atoms with E-state index in [4.69, 9.17) is 4.74 Å². The molecule has 28 heavy (non-hydrogen) atoms. The maximum absolute atomic E-state index is 12.7. The molecule has 1 unspecified atom stereocenters. The maximum Gasteiger partial charge on any atom is 0.339 e. The Hall–Kier alpha value is -3.40. The van der Waals surface area contributed by atoms with Crippen molar-refractivity contribution in [3.8, 4) is 0 Å². The zero-order valence-corrected chi connectivity index (χ0v) is 15.6. The molecule has 1 N–H and O–H groups in total. The molecule has 140 valence electrons. The minimum atomic E-state index is -0.350. The van der Waals surface area contributed by atoms with Gasteiger partial charge < -0.3 is 10.1 Å². The summed E-state index contributed by atoms with van der Waals surface area (Å²) in [5.41, 5.74) is 4.81. The minimum absolute atomic E-state index is 0.192. The molecule has 0 saturated heterocycles. The van der Waals surface area contributed by atoms with Crippen LogP contribution in [0.15, 0.2) is 72.8 Å². The van der Waals surface area contributed by atoms with E-state index in [2.05, 4.69) is 12.2 Å². The van der Waals surface area contributed by atoms with Crippen LogP contribution in [0.2, 0.25) is 0 Å². The summed E-state index contributed by atoms with van der Waals surface area (Å²) in [7, 11) is 0. The zero-order valence-electron chi connectivity index (χ0n) is 15.6. The standard InChI is InChI=1S/C24H21NO3/c1-2-16-8-11-20(12-9-16)25-23(26)18-10-13-21-19(14-18)15-22(28-24(21)27)17-6-4-3-5-7-17/h3-14,22H,2,15H2,1H3,(H,25,26). The van der Waals surface area contributed by atoms with E-state index < -0.39 is 0 Å². The van der Waals surface area contributed by atoms with E-state index in [1.807, 2.05) is 54.6 Å². The molecule has 1 atom stereocenters. The molecule has 0 spiro atoms. The van der Waals surface area contributed by atoms with Crippen molar-refractivity contribution in [3.63, 3.8) is 0 Å². The van der Waals surface area contributed by atoms with Crippen LogP contribution in [0.25, 0.3) is 0 Å². The van der Waals surface area contributed by atoms with Crippen LogP contribution in [0.1, 0.15) is 50.4 Å². The van der Waals surface area contributed by atoms with Crippen LogP contribution in [0.3, 0.4) is 0 Å². The smallest absolute Gasteiger partial charge is 0.339 e. The van der Waals surface area contributed by atoms with Gasteiger partial charge >= 0.3 is 5.97 Å². The number of carbonyl (C=O) groups excluding carboxylic acids is 2. The van der Waals surface area contributed by atoms with Gasteiger partial charge in [0.25, 0.3) is 5.91 Å².